The van der Waals surface area contributed by atoms with Crippen molar-refractivity contribution < 1.29 is 0 Å². The fraction of sp³-hybridized carbons (Fsp3) is 0.0227. The number of para-hydroxylation sites is 1. The van der Waals surface area contributed by atoms with E-state index >= 15 is 0 Å². The summed E-state index contributed by atoms with van der Waals surface area (Å²) in [6.07, 6.45) is 9.90. The minimum absolute atomic E-state index is 0.613. The topological polar surface area (TPSA) is 69.4 Å². The number of thiophene rings is 2. The molecule has 0 bridgehead atoms. The van der Waals surface area contributed by atoms with Crippen LogP contribution in [0, 0.1) is 0 Å². The maximum Gasteiger partial charge on any atom is 0.164 e. The fourth-order valence-corrected chi connectivity index (χ4v) is 9.84. The molecule has 0 fully saturated rings. The molecule has 0 aliphatic heterocycles. The van der Waals surface area contributed by atoms with E-state index in [1.807, 2.05) is 84.3 Å². The van der Waals surface area contributed by atoms with E-state index in [4.69, 9.17) is 19.9 Å². The van der Waals surface area contributed by atoms with Gasteiger partial charge in [0.1, 0.15) is 11.2 Å². The molecule has 0 radical (unpaired) electrons. The van der Waals surface area contributed by atoms with E-state index in [2.05, 4.69) is 83.7 Å². The van der Waals surface area contributed by atoms with Gasteiger partial charge in [0.05, 0.1) is 20.4 Å². The first-order valence-electron chi connectivity index (χ1n) is 17.0. The molecule has 5 aromatic heterocycles. The van der Waals surface area contributed by atoms with E-state index in [0.29, 0.717) is 17.5 Å². The van der Waals surface area contributed by atoms with Crippen LogP contribution in [0.15, 0.2) is 134 Å². The summed E-state index contributed by atoms with van der Waals surface area (Å²) in [6, 6.07) is 37.4. The van der Waals surface area contributed by atoms with Crippen LogP contribution in [-0.4, -0.2) is 29.5 Å². The second-order valence-electron chi connectivity index (χ2n) is 12.5. The lowest BCUT2D eigenvalue weighted by Crippen LogP contribution is -2.01. The molecule has 6 nitrogen and oxygen atoms in total. The first kappa shape index (κ1) is 30.5. The Balaban J connectivity index is 1.31. The van der Waals surface area contributed by atoms with E-state index in [-0.39, 0.29) is 0 Å². The van der Waals surface area contributed by atoms with Gasteiger partial charge in [0.25, 0.3) is 0 Å². The SMILES string of the molecule is C=Cc1c(/C=C\C)sc2c3sc4ncncc4c3c3c4ccccc4n(-c4cccc(-c5nc(-c6ccccc6)nc(-c6ccccc6)n5)c4)c3c12. The van der Waals surface area contributed by atoms with E-state index in [9.17, 15) is 0 Å². The summed E-state index contributed by atoms with van der Waals surface area (Å²) in [5.74, 6) is 1.88. The quantitative estimate of drug-likeness (QED) is 0.172. The van der Waals surface area contributed by atoms with Gasteiger partial charge in [-0.1, -0.05) is 110 Å². The maximum absolute atomic E-state index is 5.05. The molecule has 0 unspecified atom stereocenters. The van der Waals surface area contributed by atoms with E-state index < -0.39 is 0 Å². The Hall–Kier alpha value is -6.35. The molecule has 5 aromatic carbocycles. The lowest BCUT2D eigenvalue weighted by molar-refractivity contribution is 1.07. The number of benzene rings is 5. The smallest absolute Gasteiger partial charge is 0.164 e. The summed E-state index contributed by atoms with van der Waals surface area (Å²) in [6.45, 7) is 6.39. The minimum atomic E-state index is 0.613. The van der Waals surface area contributed by atoms with Crippen LogP contribution in [0.1, 0.15) is 17.4 Å². The molecule has 10 rings (SSSR count). The lowest BCUT2D eigenvalue weighted by atomic mass is 10.0. The summed E-state index contributed by atoms with van der Waals surface area (Å²) >= 11 is 3.55. The Labute approximate surface area is 306 Å². The Kier molecular flexibility index (Phi) is 7.12. The lowest BCUT2D eigenvalue weighted by Gasteiger charge is -2.12. The van der Waals surface area contributed by atoms with Gasteiger partial charge in [-0.05, 0) is 31.2 Å². The van der Waals surface area contributed by atoms with Crippen molar-refractivity contribution in [1.29, 1.82) is 0 Å². The minimum Gasteiger partial charge on any atom is -0.309 e. The Bertz CT molecular complexity index is 2990. The molecule has 0 saturated carbocycles. The number of hydrogen-bond donors (Lipinski definition) is 0. The highest BCUT2D eigenvalue weighted by Gasteiger charge is 2.26. The van der Waals surface area contributed by atoms with Gasteiger partial charge >= 0.3 is 0 Å². The van der Waals surface area contributed by atoms with Crippen LogP contribution in [0.3, 0.4) is 0 Å². The van der Waals surface area contributed by atoms with Crippen LogP contribution >= 0.6 is 22.7 Å². The monoisotopic (exact) mass is 704 g/mol. The molecule has 10 aromatic rings. The predicted molar refractivity (Wildman–Crippen MR) is 219 cm³/mol. The van der Waals surface area contributed by atoms with E-state index in [0.717, 1.165) is 49.2 Å². The van der Waals surface area contributed by atoms with Gasteiger partial charge in [-0.3, -0.25) is 0 Å². The van der Waals surface area contributed by atoms with Crippen molar-refractivity contribution in [2.45, 2.75) is 6.92 Å². The highest BCUT2D eigenvalue weighted by atomic mass is 32.1. The molecule has 52 heavy (non-hydrogen) atoms. The zero-order valence-electron chi connectivity index (χ0n) is 28.0. The number of rotatable bonds is 6. The Morgan fingerprint density at radius 1 is 0.654 bits per heavy atom. The highest BCUT2D eigenvalue weighted by molar-refractivity contribution is 7.31. The molecule has 0 amide bonds. The Morgan fingerprint density at radius 2 is 1.31 bits per heavy atom. The van der Waals surface area contributed by atoms with Gasteiger partial charge in [0.2, 0.25) is 0 Å². The second-order valence-corrected chi connectivity index (χ2v) is 14.6. The average Bonchev–Trinajstić information content (AvgIpc) is 3.88. The van der Waals surface area contributed by atoms with Gasteiger partial charge < -0.3 is 4.57 Å². The van der Waals surface area contributed by atoms with Crippen molar-refractivity contribution in [2.24, 2.45) is 0 Å². The van der Waals surface area contributed by atoms with Crippen molar-refractivity contribution in [2.75, 3.05) is 0 Å². The molecule has 0 N–H and O–H groups in total. The summed E-state index contributed by atoms with van der Waals surface area (Å²) in [5, 5.41) is 5.81. The first-order valence-corrected chi connectivity index (χ1v) is 18.6. The predicted octanol–water partition coefficient (Wildman–Crippen LogP) is 12.0. The van der Waals surface area contributed by atoms with Gasteiger partial charge in [-0.15, -0.1) is 22.7 Å². The van der Waals surface area contributed by atoms with Gasteiger partial charge in [-0.25, -0.2) is 24.9 Å². The van der Waals surface area contributed by atoms with Crippen LogP contribution in [0.25, 0.3) is 104 Å². The Morgan fingerprint density at radius 3 is 2.02 bits per heavy atom. The zero-order chi connectivity index (χ0) is 34.8. The van der Waals surface area contributed by atoms with Crippen LogP contribution in [0.2, 0.25) is 0 Å². The maximum atomic E-state index is 5.05. The fourth-order valence-electron chi connectivity index (χ4n) is 7.30. The van der Waals surface area contributed by atoms with Gasteiger partial charge in [-0.2, -0.15) is 0 Å². The van der Waals surface area contributed by atoms with Gasteiger partial charge in [0, 0.05) is 65.9 Å². The number of allylic oxidation sites excluding steroid dienone is 1. The van der Waals surface area contributed by atoms with Crippen LogP contribution in [0.5, 0.6) is 0 Å². The van der Waals surface area contributed by atoms with Crippen molar-refractivity contribution in [3.8, 4) is 39.9 Å². The number of hydrogen-bond acceptors (Lipinski definition) is 7. The number of aromatic nitrogens is 6. The summed E-state index contributed by atoms with van der Waals surface area (Å²) in [5.41, 5.74) is 7.16. The zero-order valence-corrected chi connectivity index (χ0v) is 29.6. The molecule has 5 heterocycles. The van der Waals surface area contributed by atoms with Crippen molar-refractivity contribution in [3.63, 3.8) is 0 Å². The number of nitrogens with zero attached hydrogens (tertiary/aromatic N) is 6. The molecule has 0 aliphatic rings. The largest absolute Gasteiger partial charge is 0.309 e. The van der Waals surface area contributed by atoms with Gasteiger partial charge in [0.15, 0.2) is 17.5 Å². The summed E-state index contributed by atoms with van der Waals surface area (Å²) < 4.78 is 4.86. The number of fused-ring (bicyclic) bond motifs is 10. The van der Waals surface area contributed by atoms with Crippen LogP contribution in [-0.2, 0) is 0 Å². The first-order chi connectivity index (χ1) is 25.7. The third kappa shape index (κ3) is 4.65. The molecule has 0 spiro atoms. The second kappa shape index (κ2) is 12.2. The van der Waals surface area contributed by atoms with E-state index in [1.165, 1.54) is 35.8 Å². The normalized spacial score (nSPS) is 11.9. The highest BCUT2D eigenvalue weighted by Crippen LogP contribution is 2.51. The third-order valence-electron chi connectivity index (χ3n) is 9.50. The molecule has 0 saturated heterocycles. The van der Waals surface area contributed by atoms with Crippen LogP contribution < -0.4 is 0 Å². The third-order valence-corrected chi connectivity index (χ3v) is 11.9. The van der Waals surface area contributed by atoms with Crippen molar-refractivity contribution >= 4 is 87.0 Å². The van der Waals surface area contributed by atoms with Crippen molar-refractivity contribution in [1.82, 2.24) is 29.5 Å². The standard InChI is InChI=1S/C44H28N6S2/c1-3-14-34-30(4-2)37-38-35(36-32-24-45-25-46-44(32)52-39(36)40(37)51-34)31-21-11-12-22-33(31)50(38)29-20-13-19-28(23-29)43-48-41(26-15-7-5-8-16-26)47-42(49-43)27-17-9-6-10-18-27/h3-25H,2H2,1H3/b14-3-. The van der Waals surface area contributed by atoms with Crippen LogP contribution in [0.4, 0.5) is 0 Å². The van der Waals surface area contributed by atoms with Crippen molar-refractivity contribution in [3.05, 3.63) is 145 Å². The molecule has 0 atom stereocenters. The van der Waals surface area contributed by atoms with E-state index in [1.54, 1.807) is 17.7 Å². The average molecular weight is 705 g/mol. The molecule has 246 valence electrons. The molecule has 8 heteroatoms. The summed E-state index contributed by atoms with van der Waals surface area (Å²) in [4.78, 5) is 26.4. The molecule has 0 aliphatic carbocycles. The molecular formula is C44H28N6S2. The summed E-state index contributed by atoms with van der Waals surface area (Å²) in [7, 11) is 0. The molecular weight excluding hydrogens is 677 g/mol.